The summed E-state index contributed by atoms with van der Waals surface area (Å²) in [5.74, 6) is -1.37. The zero-order chi connectivity index (χ0) is 15.0. The average Bonchev–Trinajstić information content (AvgIpc) is 2.94. The molecule has 0 N–H and O–H groups in total. The van der Waals surface area contributed by atoms with E-state index < -0.39 is 11.9 Å². The lowest BCUT2D eigenvalue weighted by molar-refractivity contribution is -0.146. The summed E-state index contributed by atoms with van der Waals surface area (Å²) in [7, 11) is 0. The van der Waals surface area contributed by atoms with Crippen molar-refractivity contribution >= 4 is 11.9 Å². The van der Waals surface area contributed by atoms with Crippen LogP contribution in [0.2, 0.25) is 0 Å². The molecule has 1 aromatic rings. The first-order chi connectivity index (χ1) is 9.63. The second kappa shape index (κ2) is 8.04. The molecule has 20 heavy (non-hydrogen) atoms. The Morgan fingerprint density at radius 2 is 1.55 bits per heavy atom. The molecule has 0 spiro atoms. The van der Waals surface area contributed by atoms with Gasteiger partial charge >= 0.3 is 11.9 Å². The Bertz CT molecular complexity index is 446. The fourth-order valence-electron chi connectivity index (χ4n) is 1.57. The van der Waals surface area contributed by atoms with Gasteiger partial charge in [0, 0.05) is 25.1 Å². The van der Waals surface area contributed by atoms with Crippen LogP contribution in [0.15, 0.2) is 36.3 Å². The van der Waals surface area contributed by atoms with Crippen molar-refractivity contribution in [1.29, 1.82) is 0 Å². The summed E-state index contributed by atoms with van der Waals surface area (Å²) in [6.07, 6.45) is 5.07. The van der Waals surface area contributed by atoms with Crippen LogP contribution in [0.25, 0.3) is 0 Å². The molecular formula is C14H20N2O4. The topological polar surface area (TPSA) is 60.8 Å². The third kappa shape index (κ3) is 4.15. The summed E-state index contributed by atoms with van der Waals surface area (Å²) in [5, 5.41) is 1.71. The van der Waals surface area contributed by atoms with Gasteiger partial charge in [-0.15, -0.1) is 0 Å². The average molecular weight is 280 g/mol. The molecule has 1 heterocycles. The molecule has 0 saturated carbocycles. The largest absolute Gasteiger partial charge is 0.462 e. The number of aromatic nitrogens is 1. The first kappa shape index (κ1) is 15.8. The van der Waals surface area contributed by atoms with Crippen LogP contribution < -0.4 is 5.01 Å². The van der Waals surface area contributed by atoms with Crippen molar-refractivity contribution in [3.8, 4) is 0 Å². The summed E-state index contributed by atoms with van der Waals surface area (Å²) < 4.78 is 11.5. The van der Waals surface area contributed by atoms with Gasteiger partial charge in [0.2, 0.25) is 0 Å². The maximum Gasteiger partial charge on any atom is 0.347 e. The van der Waals surface area contributed by atoms with Gasteiger partial charge in [-0.1, -0.05) is 0 Å². The van der Waals surface area contributed by atoms with Crippen LogP contribution >= 0.6 is 0 Å². The van der Waals surface area contributed by atoms with E-state index in [0.29, 0.717) is 6.54 Å². The SMILES string of the molecule is CCOC(=O)C(=CN(CC)n1cccc1)C(=O)OCC. The van der Waals surface area contributed by atoms with Gasteiger partial charge in [0.15, 0.2) is 5.57 Å². The number of carbonyl (C=O) groups is 2. The van der Waals surface area contributed by atoms with Crippen LogP contribution in [0.1, 0.15) is 20.8 Å². The molecule has 0 aromatic carbocycles. The normalized spacial score (nSPS) is 9.75. The molecule has 0 unspecified atom stereocenters. The van der Waals surface area contributed by atoms with Crippen LogP contribution in [0.4, 0.5) is 0 Å². The Balaban J connectivity index is 3.03. The number of hydrogen-bond donors (Lipinski definition) is 0. The Morgan fingerprint density at radius 3 is 1.95 bits per heavy atom. The van der Waals surface area contributed by atoms with Crippen LogP contribution in [0, 0.1) is 0 Å². The summed E-state index contributed by atoms with van der Waals surface area (Å²) in [4.78, 5) is 23.7. The molecule has 0 aliphatic carbocycles. The van der Waals surface area contributed by atoms with Crippen molar-refractivity contribution in [1.82, 2.24) is 4.68 Å². The highest BCUT2D eigenvalue weighted by molar-refractivity contribution is 6.14. The Labute approximate surface area is 118 Å². The third-order valence-corrected chi connectivity index (χ3v) is 2.48. The standard InChI is InChI=1S/C14H20N2O4/c1-4-15(16-9-7-8-10-16)11-12(13(17)19-5-2)14(18)20-6-3/h7-11H,4-6H2,1-3H3. The van der Waals surface area contributed by atoms with E-state index in [2.05, 4.69) is 0 Å². The molecule has 0 fully saturated rings. The van der Waals surface area contributed by atoms with Gasteiger partial charge in [-0.2, -0.15) is 0 Å². The predicted octanol–water partition coefficient (Wildman–Crippen LogP) is 1.46. The first-order valence-electron chi connectivity index (χ1n) is 6.59. The highest BCUT2D eigenvalue weighted by atomic mass is 16.6. The number of rotatable bonds is 7. The van der Waals surface area contributed by atoms with E-state index in [1.165, 1.54) is 6.20 Å². The first-order valence-corrected chi connectivity index (χ1v) is 6.59. The van der Waals surface area contributed by atoms with Crippen molar-refractivity contribution < 1.29 is 19.1 Å². The zero-order valence-corrected chi connectivity index (χ0v) is 12.0. The van der Waals surface area contributed by atoms with Crippen LogP contribution in [0.3, 0.4) is 0 Å². The van der Waals surface area contributed by atoms with Gasteiger partial charge in [-0.3, -0.25) is 9.69 Å². The van der Waals surface area contributed by atoms with Crippen LogP contribution in [0.5, 0.6) is 0 Å². The maximum atomic E-state index is 11.9. The van der Waals surface area contributed by atoms with E-state index in [-0.39, 0.29) is 18.8 Å². The number of ether oxygens (including phenoxy) is 2. The highest BCUT2D eigenvalue weighted by Crippen LogP contribution is 2.05. The summed E-state index contributed by atoms with van der Waals surface area (Å²) >= 11 is 0. The molecule has 0 amide bonds. The second-order valence-corrected chi connectivity index (χ2v) is 3.80. The fourth-order valence-corrected chi connectivity index (χ4v) is 1.57. The van der Waals surface area contributed by atoms with E-state index in [4.69, 9.17) is 9.47 Å². The molecule has 1 aromatic heterocycles. The van der Waals surface area contributed by atoms with Crippen molar-refractivity contribution in [3.63, 3.8) is 0 Å². The van der Waals surface area contributed by atoms with Crippen molar-refractivity contribution in [2.24, 2.45) is 0 Å². The lowest BCUT2D eigenvalue weighted by atomic mass is 10.3. The highest BCUT2D eigenvalue weighted by Gasteiger charge is 2.22. The van der Waals surface area contributed by atoms with E-state index in [1.54, 1.807) is 23.5 Å². The second-order valence-electron chi connectivity index (χ2n) is 3.80. The van der Waals surface area contributed by atoms with Gasteiger partial charge in [0.05, 0.1) is 13.2 Å². The smallest absolute Gasteiger partial charge is 0.347 e. The van der Waals surface area contributed by atoms with E-state index in [9.17, 15) is 9.59 Å². The zero-order valence-electron chi connectivity index (χ0n) is 12.0. The maximum absolute atomic E-state index is 11.9. The van der Waals surface area contributed by atoms with Crippen molar-refractivity contribution in [2.45, 2.75) is 20.8 Å². The number of esters is 2. The predicted molar refractivity (Wildman–Crippen MR) is 74.5 cm³/mol. The van der Waals surface area contributed by atoms with Gasteiger partial charge in [-0.25, -0.2) is 9.59 Å². The van der Waals surface area contributed by atoms with Gasteiger partial charge in [-0.05, 0) is 32.9 Å². The molecule has 0 radical (unpaired) electrons. The molecule has 0 aliphatic rings. The Kier molecular flexibility index (Phi) is 6.36. The summed E-state index contributed by atoms with van der Waals surface area (Å²) in [6, 6.07) is 3.70. The molecule has 6 heteroatoms. The van der Waals surface area contributed by atoms with Gasteiger partial charge in [0.1, 0.15) is 0 Å². The van der Waals surface area contributed by atoms with Crippen LogP contribution in [-0.2, 0) is 19.1 Å². The summed E-state index contributed by atoms with van der Waals surface area (Å²) in [5.41, 5.74) is -0.121. The summed E-state index contributed by atoms with van der Waals surface area (Å²) in [6.45, 7) is 6.26. The minimum Gasteiger partial charge on any atom is -0.462 e. The Morgan fingerprint density at radius 1 is 1.05 bits per heavy atom. The van der Waals surface area contributed by atoms with Crippen molar-refractivity contribution in [3.05, 3.63) is 36.3 Å². The van der Waals surface area contributed by atoms with E-state index in [0.717, 1.165) is 0 Å². The van der Waals surface area contributed by atoms with Crippen LogP contribution in [-0.4, -0.2) is 36.4 Å². The number of nitrogens with zero attached hydrogens (tertiary/aromatic N) is 2. The monoisotopic (exact) mass is 280 g/mol. The lowest BCUT2D eigenvalue weighted by Gasteiger charge is -2.21. The lowest BCUT2D eigenvalue weighted by Crippen LogP contribution is -2.30. The number of carbonyl (C=O) groups excluding carboxylic acids is 2. The molecular weight excluding hydrogens is 260 g/mol. The molecule has 6 nitrogen and oxygen atoms in total. The molecule has 0 saturated heterocycles. The Hall–Kier alpha value is -2.24. The molecule has 0 bridgehead atoms. The minimum atomic E-state index is -0.684. The molecule has 1 rings (SSSR count). The van der Waals surface area contributed by atoms with E-state index in [1.807, 2.05) is 31.5 Å². The van der Waals surface area contributed by atoms with Gasteiger partial charge in [0.25, 0.3) is 0 Å². The van der Waals surface area contributed by atoms with Gasteiger partial charge < -0.3 is 9.47 Å². The van der Waals surface area contributed by atoms with Crippen molar-refractivity contribution in [2.75, 3.05) is 24.8 Å². The third-order valence-electron chi connectivity index (χ3n) is 2.48. The molecule has 0 atom stereocenters. The molecule has 110 valence electrons. The fraction of sp³-hybridized carbons (Fsp3) is 0.429. The van der Waals surface area contributed by atoms with E-state index >= 15 is 0 Å². The quantitative estimate of drug-likeness (QED) is 0.327. The number of hydrogen-bond acceptors (Lipinski definition) is 5. The minimum absolute atomic E-state index is 0.121. The molecule has 0 aliphatic heterocycles.